The minimum absolute atomic E-state index is 0.0281. The van der Waals surface area contributed by atoms with Crippen LogP contribution >= 0.6 is 11.6 Å². The molecule has 3 N–H and O–H groups in total. The van der Waals surface area contributed by atoms with Crippen LogP contribution in [0.25, 0.3) is 0 Å². The minimum Gasteiger partial charge on any atom is -0.489 e. The quantitative estimate of drug-likeness (QED) is 0.308. The van der Waals surface area contributed by atoms with Crippen molar-refractivity contribution >= 4 is 68.1 Å². The van der Waals surface area contributed by atoms with Gasteiger partial charge in [-0.3, -0.25) is 0 Å². The van der Waals surface area contributed by atoms with E-state index < -0.39 is 15.1 Å². The summed E-state index contributed by atoms with van der Waals surface area (Å²) in [6.07, 6.45) is 3.64. The van der Waals surface area contributed by atoms with E-state index in [0.29, 0.717) is 23.4 Å². The molecule has 1 aliphatic rings. The van der Waals surface area contributed by atoms with Crippen molar-refractivity contribution in [1.29, 1.82) is 0 Å². The molecule has 216 valence electrons. The molecule has 8 nitrogen and oxygen atoms in total. The topological polar surface area (TPSA) is 105 Å². The summed E-state index contributed by atoms with van der Waals surface area (Å²) in [5, 5.41) is 9.55. The van der Waals surface area contributed by atoms with E-state index in [2.05, 4.69) is 61.6 Å². The molecule has 0 aliphatic carbocycles. The van der Waals surface area contributed by atoms with Gasteiger partial charge >= 0.3 is 0 Å². The SMILES string of the molecule is BC(B)(B)c1cc(Nc2ncc(Cl)c(Nc3ccccc3S(=O)(=O)C(C)C)n2)c(OC(C)C)cc1C1CCNCC1. The van der Waals surface area contributed by atoms with Crippen LogP contribution in [0.15, 0.2) is 47.5 Å². The zero-order valence-corrected chi connectivity index (χ0v) is 26.6. The van der Waals surface area contributed by atoms with E-state index in [1.807, 2.05) is 13.8 Å². The predicted molar refractivity (Wildman–Crippen MR) is 177 cm³/mol. The molecular formula is C28H39B3ClN5O3S. The van der Waals surface area contributed by atoms with E-state index >= 15 is 0 Å². The summed E-state index contributed by atoms with van der Waals surface area (Å²) in [5.74, 6) is 1.80. The molecule has 4 rings (SSSR count). The molecule has 1 aliphatic heterocycles. The van der Waals surface area contributed by atoms with Gasteiger partial charge in [0.2, 0.25) is 5.95 Å². The van der Waals surface area contributed by atoms with Crippen LogP contribution in [0.1, 0.15) is 57.6 Å². The zero-order chi connectivity index (χ0) is 29.9. The molecule has 1 fully saturated rings. The van der Waals surface area contributed by atoms with Crippen LogP contribution in [0, 0.1) is 0 Å². The fourth-order valence-corrected chi connectivity index (χ4v) is 6.34. The normalized spacial score (nSPS) is 14.8. The Hall–Kier alpha value is -2.69. The van der Waals surface area contributed by atoms with Crippen LogP contribution in [0.5, 0.6) is 5.75 Å². The highest BCUT2D eigenvalue weighted by Crippen LogP contribution is 2.40. The Bertz CT molecular complexity index is 1490. The number of nitrogens with one attached hydrogen (secondary N) is 3. The maximum Gasteiger partial charge on any atom is 0.229 e. The molecule has 2 aromatic carbocycles. The highest BCUT2D eigenvalue weighted by atomic mass is 35.5. The van der Waals surface area contributed by atoms with Gasteiger partial charge in [0.1, 0.15) is 10.8 Å². The second-order valence-electron chi connectivity index (χ2n) is 12.1. The molecule has 0 bridgehead atoms. The zero-order valence-electron chi connectivity index (χ0n) is 25.0. The van der Waals surface area contributed by atoms with E-state index in [1.54, 1.807) is 38.1 Å². The first-order chi connectivity index (χ1) is 19.3. The lowest BCUT2D eigenvalue weighted by atomic mass is 9.39. The molecule has 0 spiro atoms. The first-order valence-corrected chi connectivity index (χ1v) is 16.1. The summed E-state index contributed by atoms with van der Waals surface area (Å²) in [6.45, 7) is 9.34. The summed E-state index contributed by atoms with van der Waals surface area (Å²) < 4.78 is 32.3. The average molecular weight is 594 g/mol. The van der Waals surface area contributed by atoms with Gasteiger partial charge in [-0.05, 0) is 89.4 Å². The number of sulfone groups is 1. The van der Waals surface area contributed by atoms with E-state index in [4.69, 9.17) is 16.3 Å². The van der Waals surface area contributed by atoms with Crippen molar-refractivity contribution in [3.8, 4) is 5.75 Å². The third-order valence-electron chi connectivity index (χ3n) is 7.16. The average Bonchev–Trinajstić information content (AvgIpc) is 2.91. The van der Waals surface area contributed by atoms with E-state index in [0.717, 1.165) is 37.4 Å². The van der Waals surface area contributed by atoms with E-state index in [1.165, 1.54) is 17.3 Å². The number of anilines is 4. The van der Waals surface area contributed by atoms with Crippen molar-refractivity contribution in [3.05, 3.63) is 58.7 Å². The maximum absolute atomic E-state index is 13.0. The number of hydrogen-bond donors (Lipinski definition) is 3. The van der Waals surface area contributed by atoms with E-state index in [-0.39, 0.29) is 21.1 Å². The number of rotatable bonds is 10. The summed E-state index contributed by atoms with van der Waals surface area (Å²) >= 11 is 6.48. The van der Waals surface area contributed by atoms with Crippen LogP contribution in [0.3, 0.4) is 0 Å². The predicted octanol–water partition coefficient (Wildman–Crippen LogP) is 3.06. The second-order valence-corrected chi connectivity index (χ2v) is 15.0. The molecule has 3 aromatic rings. The van der Waals surface area contributed by atoms with Crippen LogP contribution < -0.4 is 20.7 Å². The summed E-state index contributed by atoms with van der Waals surface area (Å²) in [4.78, 5) is 9.24. The molecular weight excluding hydrogens is 554 g/mol. The van der Waals surface area contributed by atoms with Gasteiger partial charge in [-0.15, -0.1) is 0 Å². The van der Waals surface area contributed by atoms with Crippen molar-refractivity contribution in [2.45, 2.75) is 67.8 Å². The lowest BCUT2D eigenvalue weighted by Gasteiger charge is -2.32. The molecule has 0 unspecified atom stereocenters. The number of piperidine rings is 1. The van der Waals surface area contributed by atoms with Crippen LogP contribution in [0.4, 0.5) is 23.1 Å². The van der Waals surface area contributed by atoms with Crippen LogP contribution in [-0.4, -0.2) is 66.4 Å². The molecule has 0 amide bonds. The fourth-order valence-electron chi connectivity index (χ4n) is 5.00. The molecule has 0 atom stereocenters. The Balaban J connectivity index is 1.74. The van der Waals surface area contributed by atoms with Gasteiger partial charge in [0.25, 0.3) is 0 Å². The Labute approximate surface area is 252 Å². The molecule has 2 heterocycles. The van der Waals surface area contributed by atoms with Gasteiger partial charge in [0.15, 0.2) is 15.7 Å². The number of benzene rings is 2. The summed E-state index contributed by atoms with van der Waals surface area (Å²) in [5.41, 5.74) is 3.74. The van der Waals surface area contributed by atoms with Gasteiger partial charge in [-0.2, -0.15) is 4.98 Å². The Morgan fingerprint density at radius 3 is 2.37 bits per heavy atom. The third-order valence-corrected chi connectivity index (χ3v) is 9.65. The number of ether oxygens (including phenoxy) is 1. The highest BCUT2D eigenvalue weighted by Gasteiger charge is 2.27. The van der Waals surface area contributed by atoms with Gasteiger partial charge in [-0.1, -0.05) is 34.4 Å². The Morgan fingerprint density at radius 1 is 1.05 bits per heavy atom. The van der Waals surface area contributed by atoms with Gasteiger partial charge in [0, 0.05) is 0 Å². The Morgan fingerprint density at radius 2 is 1.73 bits per heavy atom. The first kappa shape index (κ1) is 31.3. The maximum atomic E-state index is 13.0. The monoisotopic (exact) mass is 593 g/mol. The third kappa shape index (κ3) is 7.40. The van der Waals surface area contributed by atoms with Gasteiger partial charge in [-0.25, -0.2) is 13.4 Å². The lowest BCUT2D eigenvalue weighted by Crippen LogP contribution is -2.32. The first-order valence-electron chi connectivity index (χ1n) is 14.2. The molecule has 1 aromatic heterocycles. The largest absolute Gasteiger partial charge is 0.489 e. The van der Waals surface area contributed by atoms with Crippen molar-refractivity contribution in [2.24, 2.45) is 0 Å². The van der Waals surface area contributed by atoms with Gasteiger partial charge in [0.05, 0.1) is 57.4 Å². The summed E-state index contributed by atoms with van der Waals surface area (Å²) in [7, 11) is 3.14. The molecule has 13 heteroatoms. The summed E-state index contributed by atoms with van der Waals surface area (Å²) in [6, 6.07) is 11.1. The standard InChI is InChI=1S/C28H39B3ClN5O3S/c1-16(2)40-24-13-19(18-9-11-33-12-10-18)20(28(29,30)31)14-23(24)36-27-34-15-21(32)26(37-27)35-22-7-5-6-8-25(22)41(38,39)17(3)4/h5-8,13-18,33H,9-12,29-31H2,1-4H3,(H2,34,35,36,37). The Kier molecular flexibility index (Phi) is 9.66. The van der Waals surface area contributed by atoms with Crippen molar-refractivity contribution in [1.82, 2.24) is 15.3 Å². The molecule has 0 saturated carbocycles. The van der Waals surface area contributed by atoms with E-state index in [9.17, 15) is 8.42 Å². The number of nitrogens with zero attached hydrogens (tertiary/aromatic N) is 2. The molecule has 41 heavy (non-hydrogen) atoms. The van der Waals surface area contributed by atoms with Crippen molar-refractivity contribution < 1.29 is 13.2 Å². The lowest BCUT2D eigenvalue weighted by molar-refractivity contribution is 0.243. The fraction of sp³-hybridized carbons (Fsp3) is 0.429. The minimum atomic E-state index is -3.53. The van der Waals surface area contributed by atoms with Crippen molar-refractivity contribution in [3.63, 3.8) is 0 Å². The number of para-hydroxylation sites is 1. The van der Waals surface area contributed by atoms with Crippen LogP contribution in [0.2, 0.25) is 5.02 Å². The number of aromatic nitrogens is 2. The number of halogens is 1. The van der Waals surface area contributed by atoms with Crippen molar-refractivity contribution in [2.75, 3.05) is 23.7 Å². The number of hydrogen-bond acceptors (Lipinski definition) is 8. The van der Waals surface area contributed by atoms with Crippen LogP contribution in [-0.2, 0) is 15.0 Å². The molecule has 0 radical (unpaired) electrons. The second kappa shape index (κ2) is 12.7. The molecule has 1 saturated heterocycles. The van der Waals surface area contributed by atoms with Gasteiger partial charge < -0.3 is 20.7 Å². The smallest absolute Gasteiger partial charge is 0.229 e. The highest BCUT2D eigenvalue weighted by molar-refractivity contribution is 7.92.